The van der Waals surface area contributed by atoms with Crippen molar-refractivity contribution >= 4 is 0 Å². The summed E-state index contributed by atoms with van der Waals surface area (Å²) in [6, 6.07) is 20.0. The summed E-state index contributed by atoms with van der Waals surface area (Å²) in [5.74, 6) is 1.28. The van der Waals surface area contributed by atoms with Gasteiger partial charge in [0, 0.05) is 0 Å². The monoisotopic (exact) mass is 330 g/mol. The molecule has 1 heteroatoms. The van der Waals surface area contributed by atoms with E-state index in [1.807, 2.05) is 60.7 Å². The summed E-state index contributed by atoms with van der Waals surface area (Å²) in [6.45, 7) is 8.03. The van der Waals surface area contributed by atoms with E-state index in [0.717, 1.165) is 0 Å². The number of hydrogen-bond donors (Lipinski definition) is 0. The fourth-order valence-corrected chi connectivity index (χ4v) is 1.93. The van der Waals surface area contributed by atoms with Gasteiger partial charge in [-0.1, -0.05) is 25.7 Å². The van der Waals surface area contributed by atoms with Gasteiger partial charge in [-0.15, -0.1) is 0 Å². The molecular formula is C18H24Zr. The Morgan fingerprint density at radius 2 is 1.00 bits per heavy atom. The number of rotatable bonds is 0. The predicted molar refractivity (Wildman–Crippen MR) is 80.2 cm³/mol. The van der Waals surface area contributed by atoms with E-state index in [0.29, 0.717) is 11.8 Å². The Balaban J connectivity index is 0.000000259. The molecule has 0 aromatic heterocycles. The van der Waals surface area contributed by atoms with Gasteiger partial charge in [0.25, 0.3) is 0 Å². The average molecular weight is 332 g/mol. The van der Waals surface area contributed by atoms with E-state index < -0.39 is 0 Å². The van der Waals surface area contributed by atoms with Gasteiger partial charge < -0.3 is 13.8 Å². The maximum absolute atomic E-state index is 4.02. The van der Waals surface area contributed by atoms with E-state index in [-0.39, 0.29) is 26.2 Å². The molecule has 0 bridgehead atoms. The molecule has 1 saturated carbocycles. The molecular weight excluding hydrogens is 307 g/mol. The van der Waals surface area contributed by atoms with E-state index in [1.54, 1.807) is 0 Å². The Morgan fingerprint density at radius 3 is 1.16 bits per heavy atom. The second-order valence-corrected chi connectivity index (χ2v) is 4.73. The summed E-state index contributed by atoms with van der Waals surface area (Å²) < 4.78 is 0. The molecule has 0 amide bonds. The largest absolute Gasteiger partial charge is 4.00 e. The van der Waals surface area contributed by atoms with Crippen LogP contribution in [0.3, 0.4) is 0 Å². The summed E-state index contributed by atoms with van der Waals surface area (Å²) in [7, 11) is 0. The first-order valence-corrected chi connectivity index (χ1v) is 6.80. The first-order valence-electron chi connectivity index (χ1n) is 6.80. The molecule has 0 saturated heterocycles. The minimum Gasteiger partial charge on any atom is -0.342 e. The normalized spacial score (nSPS) is 20.9. The molecule has 3 rings (SSSR count). The first kappa shape index (κ1) is 18.6. The molecule has 2 atom stereocenters. The van der Waals surface area contributed by atoms with Crippen molar-refractivity contribution in [3.8, 4) is 0 Å². The van der Waals surface area contributed by atoms with Gasteiger partial charge in [0.15, 0.2) is 0 Å². The Bertz CT molecular complexity index is 263. The Hall–Kier alpha value is -0.417. The molecule has 0 N–H and O–H groups in total. The van der Waals surface area contributed by atoms with Gasteiger partial charge in [-0.2, -0.15) is 48.2 Å². The van der Waals surface area contributed by atoms with Gasteiger partial charge in [0.2, 0.25) is 0 Å². The van der Waals surface area contributed by atoms with Crippen LogP contribution in [0.5, 0.6) is 0 Å². The summed E-state index contributed by atoms with van der Waals surface area (Å²) in [4.78, 5) is 0. The summed E-state index contributed by atoms with van der Waals surface area (Å²) in [5.41, 5.74) is 0. The van der Waals surface area contributed by atoms with Crippen molar-refractivity contribution in [2.24, 2.45) is 11.8 Å². The predicted octanol–water partition coefficient (Wildman–Crippen LogP) is 5.27. The van der Waals surface area contributed by atoms with Crippen LogP contribution in [0.15, 0.2) is 60.7 Å². The summed E-state index contributed by atoms with van der Waals surface area (Å²) >= 11 is 0. The second kappa shape index (κ2) is 12.6. The Kier molecular flexibility index (Phi) is 12.3. The molecule has 1 fully saturated rings. The third kappa shape index (κ3) is 10.1. The standard InChI is InChI=1S/C8H14.2C5H5.Zr/c1-7-5-3-4-6-8(7)2;2*1-2-4-5-3-1;/h7-8H,1-6H2;2*1-5H;/q-2;2*-1;+4/t7-,8+;;;. The van der Waals surface area contributed by atoms with Crippen LogP contribution in [0.1, 0.15) is 25.7 Å². The SMILES string of the molecule is [CH2-][C@@H]1CCCC[C@@H]1[CH2-].[Zr+4].c1cc[cH-]c1.c1cc[cH-]c1. The first-order chi connectivity index (χ1) is 8.80. The Morgan fingerprint density at radius 1 is 0.684 bits per heavy atom. The second-order valence-electron chi connectivity index (χ2n) is 4.73. The zero-order valence-corrected chi connectivity index (χ0v) is 14.1. The van der Waals surface area contributed by atoms with Crippen LogP contribution in [-0.2, 0) is 26.2 Å². The molecule has 0 heterocycles. The van der Waals surface area contributed by atoms with Gasteiger partial charge in [-0.05, 0) is 0 Å². The van der Waals surface area contributed by atoms with E-state index >= 15 is 0 Å². The van der Waals surface area contributed by atoms with Gasteiger partial charge in [0.1, 0.15) is 0 Å². The molecule has 0 nitrogen and oxygen atoms in total. The molecule has 2 aromatic rings. The van der Waals surface area contributed by atoms with Crippen LogP contribution in [0.25, 0.3) is 0 Å². The molecule has 100 valence electrons. The van der Waals surface area contributed by atoms with E-state index in [4.69, 9.17) is 0 Å². The van der Waals surface area contributed by atoms with Crippen molar-refractivity contribution < 1.29 is 26.2 Å². The van der Waals surface area contributed by atoms with Crippen molar-refractivity contribution in [2.75, 3.05) is 0 Å². The van der Waals surface area contributed by atoms with Crippen molar-refractivity contribution in [3.05, 3.63) is 74.5 Å². The smallest absolute Gasteiger partial charge is 0.342 e. The van der Waals surface area contributed by atoms with Crippen LogP contribution in [0, 0.1) is 25.7 Å². The summed E-state index contributed by atoms with van der Waals surface area (Å²) in [6.07, 6.45) is 5.35. The Labute approximate surface area is 138 Å². The maximum Gasteiger partial charge on any atom is 4.00 e. The van der Waals surface area contributed by atoms with Crippen molar-refractivity contribution in [1.29, 1.82) is 0 Å². The molecule has 19 heavy (non-hydrogen) atoms. The van der Waals surface area contributed by atoms with Crippen LogP contribution in [0.4, 0.5) is 0 Å². The molecule has 0 aliphatic heterocycles. The molecule has 1 aliphatic carbocycles. The maximum atomic E-state index is 4.02. The fraction of sp³-hybridized carbons (Fsp3) is 0.333. The van der Waals surface area contributed by atoms with Crippen LogP contribution in [0.2, 0.25) is 0 Å². The molecule has 0 spiro atoms. The minimum atomic E-state index is 0. The molecule has 2 aromatic carbocycles. The number of hydrogen-bond acceptors (Lipinski definition) is 0. The fourth-order valence-electron chi connectivity index (χ4n) is 1.93. The van der Waals surface area contributed by atoms with E-state index in [2.05, 4.69) is 13.8 Å². The van der Waals surface area contributed by atoms with Crippen molar-refractivity contribution in [2.45, 2.75) is 25.7 Å². The van der Waals surface area contributed by atoms with Crippen molar-refractivity contribution in [1.82, 2.24) is 0 Å². The van der Waals surface area contributed by atoms with Crippen LogP contribution >= 0.6 is 0 Å². The third-order valence-corrected chi connectivity index (χ3v) is 3.18. The van der Waals surface area contributed by atoms with Crippen LogP contribution < -0.4 is 0 Å². The van der Waals surface area contributed by atoms with E-state index in [1.165, 1.54) is 25.7 Å². The minimum absolute atomic E-state index is 0. The molecule has 0 unspecified atom stereocenters. The molecule has 0 radical (unpaired) electrons. The molecule has 1 aliphatic rings. The van der Waals surface area contributed by atoms with Gasteiger partial charge >= 0.3 is 26.2 Å². The van der Waals surface area contributed by atoms with Gasteiger partial charge in [-0.3, -0.25) is 0 Å². The summed E-state index contributed by atoms with van der Waals surface area (Å²) in [5, 5.41) is 0. The van der Waals surface area contributed by atoms with E-state index in [9.17, 15) is 0 Å². The van der Waals surface area contributed by atoms with Gasteiger partial charge in [-0.25, -0.2) is 24.3 Å². The zero-order chi connectivity index (χ0) is 13.1. The van der Waals surface area contributed by atoms with Crippen LogP contribution in [-0.4, -0.2) is 0 Å². The quantitative estimate of drug-likeness (QED) is 0.577. The van der Waals surface area contributed by atoms with Crippen molar-refractivity contribution in [3.63, 3.8) is 0 Å². The zero-order valence-electron chi connectivity index (χ0n) is 11.7. The van der Waals surface area contributed by atoms with Gasteiger partial charge in [0.05, 0.1) is 0 Å². The third-order valence-electron chi connectivity index (χ3n) is 3.18. The average Bonchev–Trinajstić information content (AvgIpc) is 3.11. The topological polar surface area (TPSA) is 0 Å².